The molecule has 0 radical (unpaired) electrons. The molecule has 2 aliphatic heterocycles. The molecule has 0 saturated carbocycles. The average molecular weight is 544 g/mol. The molecule has 3 aliphatic rings. The van der Waals surface area contributed by atoms with E-state index in [0.29, 0.717) is 34.3 Å². The van der Waals surface area contributed by atoms with Gasteiger partial charge < -0.3 is 19.5 Å². The van der Waals surface area contributed by atoms with Crippen LogP contribution < -0.4 is 10.2 Å². The Kier molecular flexibility index (Phi) is 7.22. The summed E-state index contributed by atoms with van der Waals surface area (Å²) >= 11 is 6.43. The van der Waals surface area contributed by atoms with Gasteiger partial charge in [-0.25, -0.2) is 4.98 Å². The van der Waals surface area contributed by atoms with Crippen molar-refractivity contribution >= 4 is 29.1 Å². The number of nitrogens with zero attached hydrogens (tertiary/aromatic N) is 4. The van der Waals surface area contributed by atoms with Crippen molar-refractivity contribution in [2.24, 2.45) is 0 Å². The number of fused-ring (bicyclic) bond motifs is 3. The summed E-state index contributed by atoms with van der Waals surface area (Å²) in [6.45, 7) is 5.59. The van der Waals surface area contributed by atoms with Crippen LogP contribution in [0.4, 0.5) is 5.69 Å². The zero-order valence-electron chi connectivity index (χ0n) is 21.6. The number of halogens is 1. The highest BCUT2D eigenvalue weighted by molar-refractivity contribution is 6.31. The fourth-order valence-corrected chi connectivity index (χ4v) is 5.60. The zero-order valence-corrected chi connectivity index (χ0v) is 22.4. The van der Waals surface area contributed by atoms with E-state index < -0.39 is 0 Å². The lowest BCUT2D eigenvalue weighted by atomic mass is 10.0. The van der Waals surface area contributed by atoms with Gasteiger partial charge in [0.2, 0.25) is 5.91 Å². The first kappa shape index (κ1) is 25.4. The minimum absolute atomic E-state index is 0.0804. The second-order valence-electron chi connectivity index (χ2n) is 9.98. The number of nitrogens with one attached hydrogen (secondary N) is 1. The Hall–Kier alpha value is -3.88. The molecule has 3 heterocycles. The number of hydrogen-bond acceptors (Lipinski definition) is 6. The molecule has 0 unspecified atom stereocenters. The van der Waals surface area contributed by atoms with E-state index in [1.165, 1.54) is 12.1 Å². The smallest absolute Gasteiger partial charge is 0.251 e. The lowest BCUT2D eigenvalue weighted by Crippen LogP contribution is -2.47. The second-order valence-corrected chi connectivity index (χ2v) is 10.4. The SMILES string of the molecule is O=C(NCCN1CCN(C2=CC=CC2)CC1)c1ccc2c(c1)N(Cc1ccccc1Cl)C(=O)Cc1ocnc1-2. The number of rotatable bonds is 7. The van der Waals surface area contributed by atoms with Gasteiger partial charge in [0, 0.05) is 67.5 Å². The van der Waals surface area contributed by atoms with Crippen molar-refractivity contribution in [3.63, 3.8) is 0 Å². The van der Waals surface area contributed by atoms with Crippen molar-refractivity contribution in [2.45, 2.75) is 19.4 Å². The molecule has 200 valence electrons. The summed E-state index contributed by atoms with van der Waals surface area (Å²) in [6.07, 6.45) is 8.97. The van der Waals surface area contributed by atoms with Crippen molar-refractivity contribution in [2.75, 3.05) is 44.2 Å². The average Bonchev–Trinajstić information content (AvgIpc) is 3.64. The molecule has 39 heavy (non-hydrogen) atoms. The van der Waals surface area contributed by atoms with E-state index in [4.69, 9.17) is 16.0 Å². The lowest BCUT2D eigenvalue weighted by Gasteiger charge is -2.36. The molecule has 0 bridgehead atoms. The summed E-state index contributed by atoms with van der Waals surface area (Å²) in [5, 5.41) is 3.64. The van der Waals surface area contributed by atoms with Gasteiger partial charge in [0.05, 0.1) is 18.7 Å². The third kappa shape index (κ3) is 5.35. The molecule has 1 aliphatic carbocycles. The van der Waals surface area contributed by atoms with E-state index in [1.807, 2.05) is 24.3 Å². The van der Waals surface area contributed by atoms with E-state index in [1.54, 1.807) is 23.1 Å². The van der Waals surface area contributed by atoms with Crippen LogP contribution in [-0.2, 0) is 17.8 Å². The normalized spacial score (nSPS) is 17.1. The van der Waals surface area contributed by atoms with Crippen LogP contribution >= 0.6 is 11.6 Å². The predicted molar refractivity (Wildman–Crippen MR) is 150 cm³/mol. The zero-order chi connectivity index (χ0) is 26.8. The number of allylic oxidation sites excluding steroid dienone is 3. The van der Waals surface area contributed by atoms with Gasteiger partial charge in [0.1, 0.15) is 11.5 Å². The van der Waals surface area contributed by atoms with Gasteiger partial charge in [-0.2, -0.15) is 0 Å². The van der Waals surface area contributed by atoms with Crippen LogP contribution in [0.15, 0.2) is 77.2 Å². The molecule has 3 aromatic rings. The Balaban J connectivity index is 1.15. The first-order chi connectivity index (χ1) is 19.1. The van der Waals surface area contributed by atoms with Crippen LogP contribution in [0.2, 0.25) is 5.02 Å². The molecular weight excluding hydrogens is 514 g/mol. The molecule has 9 heteroatoms. The minimum Gasteiger partial charge on any atom is -0.447 e. The van der Waals surface area contributed by atoms with Crippen molar-refractivity contribution in [3.05, 3.63) is 94.7 Å². The maximum absolute atomic E-state index is 13.4. The Labute approximate surface area is 232 Å². The van der Waals surface area contributed by atoms with E-state index >= 15 is 0 Å². The number of benzene rings is 2. The van der Waals surface area contributed by atoms with Gasteiger partial charge in [-0.1, -0.05) is 42.0 Å². The van der Waals surface area contributed by atoms with Crippen molar-refractivity contribution in [1.29, 1.82) is 0 Å². The molecule has 8 nitrogen and oxygen atoms in total. The number of anilines is 1. The molecule has 0 spiro atoms. The molecule has 2 aromatic carbocycles. The fourth-order valence-electron chi connectivity index (χ4n) is 5.41. The molecular formula is C30H30ClN5O3. The Morgan fingerprint density at radius 1 is 1.10 bits per heavy atom. The Morgan fingerprint density at radius 2 is 1.95 bits per heavy atom. The van der Waals surface area contributed by atoms with E-state index in [-0.39, 0.29) is 24.8 Å². The standard InChI is InChI=1S/C30H30ClN5O3/c31-25-8-4-1-5-22(25)19-36-26-17-21(9-10-24(26)29-27(18-28(36)37)39-20-33-29)30(38)32-11-12-34-13-15-35(16-14-34)23-6-2-3-7-23/h1-6,8-10,17,20H,7,11-16,18-19H2,(H,32,38). The van der Waals surface area contributed by atoms with Crippen LogP contribution in [0, 0.1) is 0 Å². The maximum Gasteiger partial charge on any atom is 0.251 e. The predicted octanol–water partition coefficient (Wildman–Crippen LogP) is 4.28. The summed E-state index contributed by atoms with van der Waals surface area (Å²) in [5.41, 5.74) is 4.69. The third-order valence-corrected chi connectivity index (χ3v) is 7.96. The van der Waals surface area contributed by atoms with E-state index in [0.717, 1.165) is 50.3 Å². The van der Waals surface area contributed by atoms with Crippen LogP contribution in [0.5, 0.6) is 0 Å². The van der Waals surface area contributed by atoms with Gasteiger partial charge in [-0.15, -0.1) is 0 Å². The van der Waals surface area contributed by atoms with E-state index in [9.17, 15) is 9.59 Å². The second kappa shape index (κ2) is 11.1. The maximum atomic E-state index is 13.4. The first-order valence-corrected chi connectivity index (χ1v) is 13.7. The largest absolute Gasteiger partial charge is 0.447 e. The summed E-state index contributed by atoms with van der Waals surface area (Å²) in [4.78, 5) is 37.4. The Morgan fingerprint density at radius 3 is 2.74 bits per heavy atom. The van der Waals surface area contributed by atoms with Gasteiger partial charge >= 0.3 is 0 Å². The van der Waals surface area contributed by atoms with Gasteiger partial charge in [0.15, 0.2) is 6.39 Å². The number of hydrogen-bond donors (Lipinski definition) is 1. The summed E-state index contributed by atoms with van der Waals surface area (Å²) in [7, 11) is 0. The summed E-state index contributed by atoms with van der Waals surface area (Å²) in [5.74, 6) is 0.196. The van der Waals surface area contributed by atoms with E-state index in [2.05, 4.69) is 38.3 Å². The number of oxazole rings is 1. The number of aromatic nitrogens is 1. The summed E-state index contributed by atoms with van der Waals surface area (Å²) in [6, 6.07) is 12.8. The molecule has 1 aromatic heterocycles. The molecule has 2 amide bonds. The van der Waals surface area contributed by atoms with Crippen molar-refractivity contribution < 1.29 is 14.0 Å². The number of amides is 2. The molecule has 1 saturated heterocycles. The highest BCUT2D eigenvalue weighted by Crippen LogP contribution is 2.38. The van der Waals surface area contributed by atoms with Crippen molar-refractivity contribution in [1.82, 2.24) is 20.1 Å². The highest BCUT2D eigenvalue weighted by Gasteiger charge is 2.30. The van der Waals surface area contributed by atoms with Crippen molar-refractivity contribution in [3.8, 4) is 11.3 Å². The third-order valence-electron chi connectivity index (χ3n) is 7.59. The molecule has 0 atom stereocenters. The van der Waals surface area contributed by atoms with Gasteiger partial charge in [-0.3, -0.25) is 14.5 Å². The quantitative estimate of drug-likeness (QED) is 0.479. The van der Waals surface area contributed by atoms with Gasteiger partial charge in [-0.05, 0) is 35.9 Å². The van der Waals surface area contributed by atoms with Crippen LogP contribution in [0.1, 0.15) is 28.1 Å². The number of carbonyl (C=O) groups excluding carboxylic acids is 2. The van der Waals surface area contributed by atoms with Crippen LogP contribution in [0.3, 0.4) is 0 Å². The lowest BCUT2D eigenvalue weighted by molar-refractivity contribution is -0.118. The Bertz CT molecular complexity index is 1450. The molecule has 6 rings (SSSR count). The van der Waals surface area contributed by atoms with Crippen LogP contribution in [0.25, 0.3) is 11.3 Å². The summed E-state index contributed by atoms with van der Waals surface area (Å²) < 4.78 is 5.53. The topological polar surface area (TPSA) is 81.9 Å². The van der Waals surface area contributed by atoms with Gasteiger partial charge in [0.25, 0.3) is 5.91 Å². The minimum atomic E-state index is -0.173. The first-order valence-electron chi connectivity index (χ1n) is 13.3. The molecule has 1 fully saturated rings. The fraction of sp³-hybridized carbons (Fsp3) is 0.300. The monoisotopic (exact) mass is 543 g/mol. The van der Waals surface area contributed by atoms with Crippen LogP contribution in [-0.4, -0.2) is 65.9 Å². The number of piperazine rings is 1. The molecule has 1 N–H and O–H groups in total. The number of carbonyl (C=O) groups is 2. The highest BCUT2D eigenvalue weighted by atomic mass is 35.5.